The van der Waals surface area contributed by atoms with E-state index in [-0.39, 0.29) is 34.8 Å². The quantitative estimate of drug-likeness (QED) is 0.197. The lowest BCUT2D eigenvalue weighted by Crippen LogP contribution is -2.34. The third-order valence-corrected chi connectivity index (χ3v) is 8.01. The van der Waals surface area contributed by atoms with Crippen molar-refractivity contribution in [2.24, 2.45) is 0 Å². The summed E-state index contributed by atoms with van der Waals surface area (Å²) in [6.45, 7) is 4.86. The van der Waals surface area contributed by atoms with Crippen molar-refractivity contribution in [1.82, 2.24) is 20.1 Å². The maximum atomic E-state index is 15.0. The summed E-state index contributed by atoms with van der Waals surface area (Å²) in [6.07, 6.45) is 3.38. The molecular formula is C27H28FN7O5S. The number of hydrogen-bond acceptors (Lipinski definition) is 11. The molecule has 3 heterocycles. The predicted molar refractivity (Wildman–Crippen MR) is 149 cm³/mol. The van der Waals surface area contributed by atoms with Crippen LogP contribution in [0.3, 0.4) is 0 Å². The molecule has 12 nitrogen and oxygen atoms in total. The van der Waals surface area contributed by atoms with Gasteiger partial charge < -0.3 is 9.42 Å². The zero-order valence-electron chi connectivity index (χ0n) is 22.6. The van der Waals surface area contributed by atoms with Crippen LogP contribution in [0.2, 0.25) is 0 Å². The first-order valence-electron chi connectivity index (χ1n) is 13.0. The number of halogens is 1. The Morgan fingerprint density at radius 2 is 1.80 bits per heavy atom. The minimum Gasteiger partial charge on any atom is -0.351 e. The number of piperidine rings is 1. The van der Waals surface area contributed by atoms with Crippen LogP contribution in [-0.4, -0.2) is 52.8 Å². The maximum absolute atomic E-state index is 15.0. The number of nitro groups is 1. The molecule has 1 fully saturated rings. The van der Waals surface area contributed by atoms with Crippen molar-refractivity contribution in [2.75, 3.05) is 29.1 Å². The van der Waals surface area contributed by atoms with Crippen LogP contribution in [0.4, 0.5) is 33.1 Å². The number of anilines is 4. The Morgan fingerprint density at radius 3 is 2.39 bits per heavy atom. The van der Waals surface area contributed by atoms with Crippen LogP contribution in [0.5, 0.6) is 0 Å². The second-order valence-electron chi connectivity index (χ2n) is 10.1. The van der Waals surface area contributed by atoms with Gasteiger partial charge in [0.1, 0.15) is 17.0 Å². The van der Waals surface area contributed by atoms with Crippen molar-refractivity contribution >= 4 is 38.5 Å². The predicted octanol–water partition coefficient (Wildman–Crippen LogP) is 5.29. The minimum absolute atomic E-state index is 0.0174. The number of aromatic nitrogens is 4. The second-order valence-corrected chi connectivity index (χ2v) is 12.1. The number of para-hydroxylation sites is 1. The summed E-state index contributed by atoms with van der Waals surface area (Å²) in [5.74, 6) is 0.412. The lowest BCUT2D eigenvalue weighted by atomic mass is 9.96. The van der Waals surface area contributed by atoms with Gasteiger partial charge in [0.05, 0.1) is 10.6 Å². The van der Waals surface area contributed by atoms with Crippen LogP contribution in [0.1, 0.15) is 50.2 Å². The van der Waals surface area contributed by atoms with Gasteiger partial charge >= 0.3 is 5.69 Å². The standard InChI is InChI=1S/C27H28FN7O5S/c1-17(2)24-31-27(40-32-24)18-11-13-33(14-12-18)25-23(35(36)37)26(30-16-29-25)34(19-7-5-4-6-8-19)20-9-10-22(21(28)15-20)41(3,38)39/h4-10,15-18H,11-14H2,1-3H3. The monoisotopic (exact) mass is 581 g/mol. The summed E-state index contributed by atoms with van der Waals surface area (Å²) < 4.78 is 44.5. The highest BCUT2D eigenvalue weighted by molar-refractivity contribution is 7.90. The largest absolute Gasteiger partial charge is 0.354 e. The van der Waals surface area contributed by atoms with E-state index < -0.39 is 25.5 Å². The van der Waals surface area contributed by atoms with E-state index in [1.54, 1.807) is 30.3 Å². The average Bonchev–Trinajstić information content (AvgIpc) is 3.44. The van der Waals surface area contributed by atoms with E-state index in [9.17, 15) is 22.9 Å². The molecular weight excluding hydrogens is 553 g/mol. The Morgan fingerprint density at radius 1 is 1.10 bits per heavy atom. The van der Waals surface area contributed by atoms with E-state index in [0.717, 1.165) is 18.4 Å². The Labute approximate surface area is 235 Å². The van der Waals surface area contributed by atoms with Crippen molar-refractivity contribution in [2.45, 2.75) is 43.4 Å². The molecule has 0 bridgehead atoms. The van der Waals surface area contributed by atoms with Gasteiger partial charge in [-0.3, -0.25) is 15.0 Å². The van der Waals surface area contributed by atoms with Crippen LogP contribution in [0.15, 0.2) is 64.3 Å². The molecule has 0 spiro atoms. The smallest absolute Gasteiger partial charge is 0.351 e. The molecule has 1 aliphatic heterocycles. The molecule has 0 radical (unpaired) electrons. The first-order valence-corrected chi connectivity index (χ1v) is 14.9. The molecule has 214 valence electrons. The van der Waals surface area contributed by atoms with Crippen molar-refractivity contribution in [3.8, 4) is 0 Å². The summed E-state index contributed by atoms with van der Waals surface area (Å²) in [6, 6.07) is 12.2. The van der Waals surface area contributed by atoms with Gasteiger partial charge in [0.15, 0.2) is 15.7 Å². The summed E-state index contributed by atoms with van der Waals surface area (Å²) in [4.78, 5) is 27.8. The molecule has 14 heteroatoms. The van der Waals surface area contributed by atoms with Crippen molar-refractivity contribution in [3.05, 3.63) is 82.5 Å². The van der Waals surface area contributed by atoms with Crippen LogP contribution >= 0.6 is 0 Å². The van der Waals surface area contributed by atoms with Gasteiger partial charge in [0.25, 0.3) is 0 Å². The number of nitrogens with zero attached hydrogens (tertiary/aromatic N) is 7. The van der Waals surface area contributed by atoms with E-state index in [1.807, 2.05) is 18.7 Å². The number of hydrogen-bond donors (Lipinski definition) is 0. The molecule has 2 aromatic carbocycles. The SMILES string of the molecule is CC(C)c1noc(C2CCN(c3ncnc(N(c4ccccc4)c4ccc(S(C)(=O)=O)c(F)c4)c3[N+](=O)[O-])CC2)n1. The molecule has 0 unspecified atom stereocenters. The second kappa shape index (κ2) is 11.2. The van der Waals surface area contributed by atoms with Crippen molar-refractivity contribution < 1.29 is 22.3 Å². The maximum Gasteiger partial charge on any atom is 0.354 e. The fourth-order valence-electron chi connectivity index (χ4n) is 4.80. The summed E-state index contributed by atoms with van der Waals surface area (Å²) in [5.41, 5.74) is 0.259. The Balaban J connectivity index is 1.53. The van der Waals surface area contributed by atoms with Crippen LogP contribution in [0, 0.1) is 15.9 Å². The molecule has 0 atom stereocenters. The van der Waals surface area contributed by atoms with Crippen LogP contribution in [-0.2, 0) is 9.84 Å². The van der Waals surface area contributed by atoms with Gasteiger partial charge in [0.2, 0.25) is 17.5 Å². The molecule has 1 saturated heterocycles. The number of sulfone groups is 1. The fraction of sp³-hybridized carbons (Fsp3) is 0.333. The highest BCUT2D eigenvalue weighted by atomic mass is 32.2. The minimum atomic E-state index is -3.82. The molecule has 0 amide bonds. The van der Waals surface area contributed by atoms with Crippen LogP contribution < -0.4 is 9.80 Å². The molecule has 2 aromatic heterocycles. The van der Waals surface area contributed by atoms with Gasteiger partial charge in [-0.15, -0.1) is 0 Å². The highest BCUT2D eigenvalue weighted by Crippen LogP contribution is 2.43. The molecule has 0 N–H and O–H groups in total. The van der Waals surface area contributed by atoms with Gasteiger partial charge in [0, 0.05) is 36.9 Å². The third-order valence-electron chi connectivity index (χ3n) is 6.88. The molecule has 0 saturated carbocycles. The topological polar surface area (TPSA) is 148 Å². The van der Waals surface area contributed by atoms with E-state index in [0.29, 0.717) is 43.3 Å². The number of rotatable bonds is 8. The lowest BCUT2D eigenvalue weighted by molar-refractivity contribution is -0.383. The summed E-state index contributed by atoms with van der Waals surface area (Å²) >= 11 is 0. The van der Waals surface area contributed by atoms with Crippen LogP contribution in [0.25, 0.3) is 0 Å². The average molecular weight is 582 g/mol. The zero-order valence-corrected chi connectivity index (χ0v) is 23.5. The summed E-state index contributed by atoms with van der Waals surface area (Å²) in [7, 11) is -3.82. The molecule has 5 rings (SSSR count). The molecule has 0 aliphatic carbocycles. The van der Waals surface area contributed by atoms with E-state index >= 15 is 0 Å². The van der Waals surface area contributed by atoms with Gasteiger partial charge in [-0.2, -0.15) is 4.98 Å². The number of benzene rings is 2. The first-order chi connectivity index (χ1) is 19.5. The fourth-order valence-corrected chi connectivity index (χ4v) is 5.53. The van der Waals surface area contributed by atoms with E-state index in [1.165, 1.54) is 17.3 Å². The Kier molecular flexibility index (Phi) is 7.67. The first kappa shape index (κ1) is 28.1. The lowest BCUT2D eigenvalue weighted by Gasteiger charge is -2.31. The van der Waals surface area contributed by atoms with E-state index in [4.69, 9.17) is 4.52 Å². The zero-order chi connectivity index (χ0) is 29.3. The van der Waals surface area contributed by atoms with Gasteiger partial charge in [-0.05, 0) is 43.2 Å². The molecule has 41 heavy (non-hydrogen) atoms. The highest BCUT2D eigenvalue weighted by Gasteiger charge is 2.35. The van der Waals surface area contributed by atoms with Gasteiger partial charge in [-0.1, -0.05) is 37.2 Å². The molecule has 1 aliphatic rings. The Bertz CT molecular complexity index is 1670. The molecule has 4 aromatic rings. The third kappa shape index (κ3) is 5.73. The normalized spacial score (nSPS) is 14.4. The van der Waals surface area contributed by atoms with E-state index in [2.05, 4.69) is 20.1 Å². The van der Waals surface area contributed by atoms with Gasteiger partial charge in [-0.25, -0.2) is 22.8 Å². The Hall–Kier alpha value is -4.46. The van der Waals surface area contributed by atoms with Crippen molar-refractivity contribution in [1.29, 1.82) is 0 Å². The van der Waals surface area contributed by atoms with Crippen molar-refractivity contribution in [3.63, 3.8) is 0 Å². The summed E-state index contributed by atoms with van der Waals surface area (Å²) in [5, 5.41) is 16.6.